The molecule has 0 radical (unpaired) electrons. The molecule has 0 bridgehead atoms. The van der Waals surface area contributed by atoms with Gasteiger partial charge < -0.3 is 11.1 Å². The summed E-state index contributed by atoms with van der Waals surface area (Å²) in [6.07, 6.45) is 3.22. The molecule has 1 amide bonds. The van der Waals surface area contributed by atoms with Crippen LogP contribution in [0.5, 0.6) is 0 Å². The van der Waals surface area contributed by atoms with Crippen LogP contribution in [0.3, 0.4) is 0 Å². The first-order valence-electron chi connectivity index (χ1n) is 5.55. The van der Waals surface area contributed by atoms with Gasteiger partial charge in [-0.2, -0.15) is 5.10 Å². The monoisotopic (exact) mass is 254 g/mol. The van der Waals surface area contributed by atoms with Gasteiger partial charge in [0.2, 0.25) is 0 Å². The Balaban J connectivity index is 1.87. The minimum absolute atomic E-state index is 0.273. The number of hydrogen-bond acceptors (Lipinski definition) is 5. The summed E-state index contributed by atoms with van der Waals surface area (Å²) in [6, 6.07) is 6.77. The molecular formula is C12H10N6O. The van der Waals surface area contributed by atoms with Crippen LogP contribution in [0, 0.1) is 0 Å². The fourth-order valence-corrected chi connectivity index (χ4v) is 1.69. The lowest BCUT2D eigenvalue weighted by molar-refractivity contribution is 0.102. The number of carbonyl (C=O) groups is 1. The molecule has 0 fully saturated rings. The van der Waals surface area contributed by atoms with Gasteiger partial charge in [0.25, 0.3) is 5.91 Å². The van der Waals surface area contributed by atoms with Gasteiger partial charge >= 0.3 is 0 Å². The second-order valence-corrected chi connectivity index (χ2v) is 3.92. The number of amides is 1. The highest BCUT2D eigenvalue weighted by molar-refractivity contribution is 6.03. The van der Waals surface area contributed by atoms with Gasteiger partial charge in [-0.05, 0) is 18.2 Å². The Morgan fingerprint density at radius 1 is 1.16 bits per heavy atom. The van der Waals surface area contributed by atoms with Crippen molar-refractivity contribution in [3.05, 3.63) is 42.4 Å². The Hall–Kier alpha value is -2.96. The first-order valence-corrected chi connectivity index (χ1v) is 5.55. The number of nitrogens with two attached hydrogens (primary N) is 1. The Morgan fingerprint density at radius 2 is 1.95 bits per heavy atom. The number of aromatic amines is 1. The van der Waals surface area contributed by atoms with Crippen LogP contribution in [-0.2, 0) is 0 Å². The van der Waals surface area contributed by atoms with Crippen LogP contribution in [-0.4, -0.2) is 26.1 Å². The van der Waals surface area contributed by atoms with Gasteiger partial charge in [0.15, 0.2) is 0 Å². The van der Waals surface area contributed by atoms with Gasteiger partial charge in [-0.1, -0.05) is 0 Å². The van der Waals surface area contributed by atoms with Crippen molar-refractivity contribution < 1.29 is 4.79 Å². The number of benzene rings is 1. The predicted octanol–water partition coefficient (Wildman–Crippen LogP) is 1.19. The lowest BCUT2D eigenvalue weighted by Gasteiger charge is -2.04. The number of aromatic nitrogens is 4. The van der Waals surface area contributed by atoms with E-state index < -0.39 is 0 Å². The number of nitrogen functional groups attached to an aromatic ring is 1. The molecule has 0 aliphatic rings. The van der Waals surface area contributed by atoms with E-state index in [1.54, 1.807) is 30.6 Å². The van der Waals surface area contributed by atoms with Crippen molar-refractivity contribution in [2.75, 3.05) is 11.1 Å². The minimum Gasteiger partial charge on any atom is -0.382 e. The zero-order chi connectivity index (χ0) is 13.2. The summed E-state index contributed by atoms with van der Waals surface area (Å²) in [4.78, 5) is 20.2. The second kappa shape index (κ2) is 4.37. The van der Waals surface area contributed by atoms with Crippen molar-refractivity contribution in [1.82, 2.24) is 20.2 Å². The van der Waals surface area contributed by atoms with Crippen LogP contribution in [0.4, 0.5) is 11.5 Å². The molecule has 2 heterocycles. The van der Waals surface area contributed by atoms with Crippen LogP contribution in [0.15, 0.2) is 36.7 Å². The third-order valence-corrected chi connectivity index (χ3v) is 2.57. The van der Waals surface area contributed by atoms with Crippen LogP contribution < -0.4 is 11.1 Å². The fraction of sp³-hybridized carbons (Fsp3) is 0. The highest BCUT2D eigenvalue weighted by Gasteiger charge is 2.09. The van der Waals surface area contributed by atoms with Crippen molar-refractivity contribution >= 4 is 28.4 Å². The minimum atomic E-state index is -0.313. The Labute approximate surface area is 107 Å². The van der Waals surface area contributed by atoms with E-state index in [0.717, 1.165) is 5.52 Å². The second-order valence-electron chi connectivity index (χ2n) is 3.92. The third kappa shape index (κ3) is 2.21. The summed E-state index contributed by atoms with van der Waals surface area (Å²) >= 11 is 0. The molecule has 0 spiro atoms. The molecule has 3 aromatic rings. The molecule has 3 rings (SSSR count). The van der Waals surface area contributed by atoms with Crippen molar-refractivity contribution in [3.63, 3.8) is 0 Å². The summed E-state index contributed by atoms with van der Waals surface area (Å²) in [5, 5.41) is 8.98. The molecule has 0 atom stereocenters. The molecule has 7 nitrogen and oxygen atoms in total. The summed E-state index contributed by atoms with van der Waals surface area (Å²) in [7, 11) is 0. The van der Waals surface area contributed by atoms with Crippen LogP contribution in [0.25, 0.3) is 11.0 Å². The lowest BCUT2D eigenvalue weighted by Crippen LogP contribution is -2.12. The van der Waals surface area contributed by atoms with Crippen LogP contribution in [0.1, 0.15) is 10.5 Å². The molecule has 0 aliphatic carbocycles. The molecule has 4 N–H and O–H groups in total. The van der Waals surface area contributed by atoms with Gasteiger partial charge in [-0.15, -0.1) is 0 Å². The fourth-order valence-electron chi connectivity index (χ4n) is 1.69. The van der Waals surface area contributed by atoms with E-state index in [4.69, 9.17) is 5.73 Å². The van der Waals surface area contributed by atoms with Gasteiger partial charge in [-0.3, -0.25) is 19.9 Å². The average molecular weight is 254 g/mol. The molecule has 0 saturated heterocycles. The molecule has 0 saturated carbocycles. The quantitative estimate of drug-likeness (QED) is 0.636. The Kier molecular flexibility index (Phi) is 2.57. The normalized spacial score (nSPS) is 10.5. The molecule has 0 unspecified atom stereocenters. The number of hydrogen-bond donors (Lipinski definition) is 3. The van der Waals surface area contributed by atoms with E-state index in [1.807, 2.05) is 0 Å². The van der Waals surface area contributed by atoms with Crippen molar-refractivity contribution in [2.45, 2.75) is 0 Å². The van der Waals surface area contributed by atoms with Crippen molar-refractivity contribution in [1.29, 1.82) is 0 Å². The van der Waals surface area contributed by atoms with Crippen molar-refractivity contribution in [3.8, 4) is 0 Å². The lowest BCUT2D eigenvalue weighted by atomic mass is 10.2. The summed E-state index contributed by atoms with van der Waals surface area (Å²) in [6.45, 7) is 0. The van der Waals surface area contributed by atoms with E-state index >= 15 is 0 Å². The van der Waals surface area contributed by atoms with Crippen LogP contribution in [0.2, 0.25) is 0 Å². The van der Waals surface area contributed by atoms with Crippen molar-refractivity contribution in [2.24, 2.45) is 0 Å². The summed E-state index contributed by atoms with van der Waals surface area (Å²) in [5.41, 5.74) is 7.86. The average Bonchev–Trinajstić information content (AvgIpc) is 2.85. The maximum absolute atomic E-state index is 11.9. The SMILES string of the molecule is Nc1cc(C(=O)Nc2ccc3nccnc3c2)[nH]n1. The molecular weight excluding hydrogens is 244 g/mol. The van der Waals surface area contributed by atoms with E-state index in [1.165, 1.54) is 6.07 Å². The number of rotatable bonds is 2. The standard InChI is InChI=1S/C12H10N6O/c13-11-6-10(17-18-11)12(19)16-7-1-2-8-9(5-7)15-4-3-14-8/h1-6H,(H,16,19)(H3,13,17,18). The van der Waals surface area contributed by atoms with Gasteiger partial charge in [0.1, 0.15) is 11.5 Å². The Bertz CT molecular complexity index is 751. The number of fused-ring (bicyclic) bond motifs is 1. The van der Waals surface area contributed by atoms with Gasteiger partial charge in [0, 0.05) is 24.1 Å². The smallest absolute Gasteiger partial charge is 0.273 e. The third-order valence-electron chi connectivity index (χ3n) is 2.57. The molecule has 0 aliphatic heterocycles. The first kappa shape index (κ1) is 11.1. The number of anilines is 2. The largest absolute Gasteiger partial charge is 0.382 e. The maximum atomic E-state index is 11.9. The zero-order valence-electron chi connectivity index (χ0n) is 9.79. The first-order chi connectivity index (χ1) is 9.22. The molecule has 1 aromatic carbocycles. The highest BCUT2D eigenvalue weighted by atomic mass is 16.1. The van der Waals surface area contributed by atoms with E-state index in [-0.39, 0.29) is 11.7 Å². The molecule has 2 aromatic heterocycles. The topological polar surface area (TPSA) is 110 Å². The maximum Gasteiger partial charge on any atom is 0.273 e. The highest BCUT2D eigenvalue weighted by Crippen LogP contribution is 2.15. The van der Waals surface area contributed by atoms with Gasteiger partial charge in [-0.25, -0.2) is 0 Å². The van der Waals surface area contributed by atoms with E-state index in [2.05, 4.69) is 25.5 Å². The molecule has 7 heteroatoms. The van der Waals surface area contributed by atoms with E-state index in [9.17, 15) is 4.79 Å². The summed E-state index contributed by atoms with van der Waals surface area (Å²) < 4.78 is 0. The zero-order valence-corrected chi connectivity index (χ0v) is 9.79. The summed E-state index contributed by atoms with van der Waals surface area (Å²) in [5.74, 6) is -0.0398. The molecule has 94 valence electrons. The predicted molar refractivity (Wildman–Crippen MR) is 70.5 cm³/mol. The van der Waals surface area contributed by atoms with E-state index in [0.29, 0.717) is 16.9 Å². The van der Waals surface area contributed by atoms with Crippen LogP contribution >= 0.6 is 0 Å². The van der Waals surface area contributed by atoms with Gasteiger partial charge in [0.05, 0.1) is 11.0 Å². The number of nitrogens with one attached hydrogen (secondary N) is 2. The number of nitrogens with zero attached hydrogens (tertiary/aromatic N) is 3. The Morgan fingerprint density at radius 3 is 2.68 bits per heavy atom. The molecule has 19 heavy (non-hydrogen) atoms. The number of carbonyl (C=O) groups excluding carboxylic acids is 1. The number of H-pyrrole nitrogens is 1.